The molecule has 0 bridgehead atoms. The molecule has 0 aliphatic rings. The molecule has 0 N–H and O–H groups in total. The summed E-state index contributed by atoms with van der Waals surface area (Å²) in [6.45, 7) is 0. The summed E-state index contributed by atoms with van der Waals surface area (Å²) >= 11 is 23.9. The van der Waals surface area contributed by atoms with Gasteiger partial charge in [0, 0.05) is 11.8 Å². The van der Waals surface area contributed by atoms with E-state index in [0.717, 1.165) is 11.1 Å². The number of pyridine rings is 1. The van der Waals surface area contributed by atoms with Gasteiger partial charge in [0.25, 0.3) is 0 Å². The molecule has 6 heteroatoms. The Labute approximate surface area is 124 Å². The van der Waals surface area contributed by atoms with Crippen LogP contribution in [0.2, 0.25) is 20.2 Å². The van der Waals surface area contributed by atoms with Crippen molar-refractivity contribution in [1.82, 2.24) is 4.98 Å². The Balaban J connectivity index is 2.66. The molecule has 0 saturated carbocycles. The molecule has 0 amide bonds. The summed E-state index contributed by atoms with van der Waals surface area (Å²) in [7, 11) is 1.52. The van der Waals surface area contributed by atoms with E-state index >= 15 is 0 Å². The fourth-order valence-electron chi connectivity index (χ4n) is 1.56. The van der Waals surface area contributed by atoms with E-state index < -0.39 is 0 Å². The molecule has 1 heterocycles. The number of aromatic nitrogens is 1. The van der Waals surface area contributed by atoms with Gasteiger partial charge in [0.1, 0.15) is 0 Å². The summed E-state index contributed by atoms with van der Waals surface area (Å²) in [6, 6.07) is 5.16. The van der Waals surface area contributed by atoms with Gasteiger partial charge in [-0.2, -0.15) is 0 Å². The molecule has 2 nitrogen and oxygen atoms in total. The van der Waals surface area contributed by atoms with Crippen LogP contribution < -0.4 is 4.74 Å². The van der Waals surface area contributed by atoms with Crippen LogP contribution in [0, 0.1) is 0 Å². The van der Waals surface area contributed by atoms with Crippen molar-refractivity contribution < 1.29 is 4.74 Å². The Morgan fingerprint density at radius 1 is 1.06 bits per heavy atom. The Hall–Kier alpha value is -0.670. The highest BCUT2D eigenvalue weighted by molar-refractivity contribution is 6.48. The van der Waals surface area contributed by atoms with Crippen molar-refractivity contribution in [3.05, 3.63) is 44.6 Å². The van der Waals surface area contributed by atoms with Crippen molar-refractivity contribution in [3.8, 4) is 16.9 Å². The lowest BCUT2D eigenvalue weighted by atomic mass is 10.1. The lowest BCUT2D eigenvalue weighted by molar-refractivity contribution is 0.415. The summed E-state index contributed by atoms with van der Waals surface area (Å²) in [5.41, 5.74) is 1.51. The maximum atomic E-state index is 6.00. The molecule has 1 aromatic heterocycles. The second-order valence-electron chi connectivity index (χ2n) is 3.44. The number of benzene rings is 1. The predicted octanol–water partition coefficient (Wildman–Crippen LogP) is 5.37. The van der Waals surface area contributed by atoms with E-state index in [-0.39, 0.29) is 5.15 Å². The van der Waals surface area contributed by atoms with Crippen molar-refractivity contribution in [1.29, 1.82) is 0 Å². The summed E-state index contributed by atoms with van der Waals surface area (Å²) in [5.74, 6) is 0.466. The van der Waals surface area contributed by atoms with Gasteiger partial charge in [-0.3, -0.25) is 0 Å². The summed E-state index contributed by atoms with van der Waals surface area (Å²) < 4.78 is 5.23. The van der Waals surface area contributed by atoms with Crippen LogP contribution in [0.15, 0.2) is 24.4 Å². The second kappa shape index (κ2) is 5.54. The standard InChI is InChI=1S/C12H7Cl4NO/c1-18-11-7(2-3-17-12(11)16)6-4-8(13)10(15)9(14)5-6/h2-5H,1H3. The maximum Gasteiger partial charge on any atom is 0.171 e. The minimum absolute atomic E-state index is 0.275. The monoisotopic (exact) mass is 321 g/mol. The van der Waals surface area contributed by atoms with Gasteiger partial charge < -0.3 is 4.74 Å². The van der Waals surface area contributed by atoms with E-state index in [1.807, 2.05) is 0 Å². The average Bonchev–Trinajstić information content (AvgIpc) is 2.35. The first kappa shape index (κ1) is 13.8. The molecule has 0 saturated heterocycles. The van der Waals surface area contributed by atoms with E-state index in [0.29, 0.717) is 20.8 Å². The molecule has 0 fully saturated rings. The number of nitrogens with zero attached hydrogens (tertiary/aromatic N) is 1. The number of ether oxygens (including phenoxy) is 1. The molecule has 2 aromatic rings. The molecule has 1 aromatic carbocycles. The Bertz CT molecular complexity index is 578. The summed E-state index contributed by atoms with van der Waals surface area (Å²) in [6.07, 6.45) is 1.58. The number of rotatable bonds is 2. The molecule has 0 aliphatic carbocycles. The van der Waals surface area contributed by atoms with E-state index in [1.165, 1.54) is 7.11 Å². The zero-order chi connectivity index (χ0) is 13.3. The van der Waals surface area contributed by atoms with Gasteiger partial charge in [0.15, 0.2) is 10.9 Å². The fraction of sp³-hybridized carbons (Fsp3) is 0.0833. The van der Waals surface area contributed by atoms with Crippen molar-refractivity contribution >= 4 is 46.4 Å². The Kier molecular flexibility index (Phi) is 4.23. The van der Waals surface area contributed by atoms with Crippen LogP contribution in [-0.2, 0) is 0 Å². The van der Waals surface area contributed by atoms with Gasteiger partial charge >= 0.3 is 0 Å². The van der Waals surface area contributed by atoms with Crippen molar-refractivity contribution in [3.63, 3.8) is 0 Å². The van der Waals surface area contributed by atoms with Crippen LogP contribution in [0.5, 0.6) is 5.75 Å². The summed E-state index contributed by atoms with van der Waals surface area (Å²) in [4.78, 5) is 3.95. The zero-order valence-electron chi connectivity index (χ0n) is 9.18. The summed E-state index contributed by atoms with van der Waals surface area (Å²) in [5, 5.41) is 1.33. The first-order valence-electron chi connectivity index (χ1n) is 4.88. The predicted molar refractivity (Wildman–Crippen MR) is 76.3 cm³/mol. The third kappa shape index (κ3) is 2.52. The largest absolute Gasteiger partial charge is 0.493 e. The van der Waals surface area contributed by atoms with Crippen molar-refractivity contribution in [2.24, 2.45) is 0 Å². The normalized spacial score (nSPS) is 10.5. The van der Waals surface area contributed by atoms with Crippen molar-refractivity contribution in [2.75, 3.05) is 7.11 Å². The lowest BCUT2D eigenvalue weighted by Crippen LogP contribution is -1.91. The number of hydrogen-bond donors (Lipinski definition) is 0. The number of halogens is 4. The van der Waals surface area contributed by atoms with Gasteiger partial charge in [-0.1, -0.05) is 46.4 Å². The highest BCUT2D eigenvalue weighted by Crippen LogP contribution is 2.39. The van der Waals surface area contributed by atoms with E-state index in [9.17, 15) is 0 Å². The lowest BCUT2D eigenvalue weighted by Gasteiger charge is -2.11. The topological polar surface area (TPSA) is 22.1 Å². The van der Waals surface area contributed by atoms with Crippen LogP contribution in [0.3, 0.4) is 0 Å². The van der Waals surface area contributed by atoms with Crippen LogP contribution >= 0.6 is 46.4 Å². The molecule has 2 rings (SSSR count). The maximum absolute atomic E-state index is 6.00. The van der Waals surface area contributed by atoms with E-state index in [4.69, 9.17) is 51.1 Å². The fourth-order valence-corrected chi connectivity index (χ4v) is 2.39. The quantitative estimate of drug-likeness (QED) is 0.547. The molecule has 0 unspecified atom stereocenters. The third-order valence-electron chi connectivity index (χ3n) is 2.36. The van der Waals surface area contributed by atoms with Gasteiger partial charge in [0.2, 0.25) is 0 Å². The number of hydrogen-bond acceptors (Lipinski definition) is 2. The van der Waals surface area contributed by atoms with Gasteiger partial charge in [-0.05, 0) is 23.8 Å². The average molecular weight is 323 g/mol. The van der Waals surface area contributed by atoms with Gasteiger partial charge in [0.05, 0.1) is 22.2 Å². The molecule has 0 spiro atoms. The van der Waals surface area contributed by atoms with Gasteiger partial charge in [-0.25, -0.2) is 4.98 Å². The number of methoxy groups -OCH3 is 1. The van der Waals surface area contributed by atoms with Gasteiger partial charge in [-0.15, -0.1) is 0 Å². The molecule has 0 radical (unpaired) electrons. The zero-order valence-corrected chi connectivity index (χ0v) is 12.2. The molecule has 18 heavy (non-hydrogen) atoms. The molecule has 94 valence electrons. The van der Waals surface area contributed by atoms with E-state index in [2.05, 4.69) is 4.98 Å². The minimum atomic E-state index is 0.275. The van der Waals surface area contributed by atoms with Crippen LogP contribution in [0.1, 0.15) is 0 Å². The third-order valence-corrected chi connectivity index (χ3v) is 3.83. The van der Waals surface area contributed by atoms with Crippen LogP contribution in [0.4, 0.5) is 0 Å². The minimum Gasteiger partial charge on any atom is -0.493 e. The SMILES string of the molecule is COc1c(-c2cc(Cl)c(Cl)c(Cl)c2)ccnc1Cl. The van der Waals surface area contributed by atoms with Crippen LogP contribution in [0.25, 0.3) is 11.1 Å². The first-order chi connectivity index (χ1) is 8.54. The van der Waals surface area contributed by atoms with E-state index in [1.54, 1.807) is 24.4 Å². The Morgan fingerprint density at radius 2 is 1.67 bits per heavy atom. The van der Waals surface area contributed by atoms with Crippen LogP contribution in [-0.4, -0.2) is 12.1 Å². The smallest absolute Gasteiger partial charge is 0.171 e. The first-order valence-corrected chi connectivity index (χ1v) is 6.39. The highest BCUT2D eigenvalue weighted by atomic mass is 35.5. The molecular formula is C12H7Cl4NO. The molecular weight excluding hydrogens is 316 g/mol. The molecule has 0 aliphatic heterocycles. The second-order valence-corrected chi connectivity index (χ2v) is 4.99. The molecule has 0 atom stereocenters. The Morgan fingerprint density at radius 3 is 2.22 bits per heavy atom. The van der Waals surface area contributed by atoms with Crippen molar-refractivity contribution in [2.45, 2.75) is 0 Å². The highest BCUT2D eigenvalue weighted by Gasteiger charge is 2.13.